The molecule has 23 heavy (non-hydrogen) atoms. The number of carbonyl (C=O) groups is 3. The number of amides is 2. The Balaban J connectivity index is 1.75. The number of carbonyl (C=O) groups excluding carboxylic acids is 3. The van der Waals surface area contributed by atoms with Crippen LogP contribution in [0.2, 0.25) is 0 Å². The highest BCUT2D eigenvalue weighted by molar-refractivity contribution is 6.36. The SMILES string of the molecule is CCCC(=O)C(=O)NCC(=O)N1CCN(c2ccccc2)CC1. The minimum absolute atomic E-state index is 0.111. The summed E-state index contributed by atoms with van der Waals surface area (Å²) in [6.07, 6.45) is 0.845. The van der Waals surface area contributed by atoms with Gasteiger partial charge >= 0.3 is 0 Å². The number of anilines is 1. The summed E-state index contributed by atoms with van der Waals surface area (Å²) >= 11 is 0. The molecule has 2 amide bonds. The van der Waals surface area contributed by atoms with Crippen LogP contribution in [-0.2, 0) is 14.4 Å². The number of piperazine rings is 1. The topological polar surface area (TPSA) is 69.7 Å². The summed E-state index contributed by atoms with van der Waals surface area (Å²) in [5.74, 6) is -1.27. The fourth-order valence-electron chi connectivity index (χ4n) is 2.56. The molecular weight excluding hydrogens is 294 g/mol. The molecule has 0 radical (unpaired) electrons. The Morgan fingerprint density at radius 2 is 1.70 bits per heavy atom. The number of ketones is 1. The number of para-hydroxylation sites is 1. The zero-order valence-corrected chi connectivity index (χ0v) is 13.5. The highest BCUT2D eigenvalue weighted by Crippen LogP contribution is 2.15. The van der Waals surface area contributed by atoms with Gasteiger partial charge in [0.1, 0.15) is 0 Å². The molecule has 6 heteroatoms. The minimum Gasteiger partial charge on any atom is -0.368 e. The third kappa shape index (κ3) is 4.81. The van der Waals surface area contributed by atoms with Crippen LogP contribution in [0.4, 0.5) is 5.69 Å². The van der Waals surface area contributed by atoms with Gasteiger partial charge in [0, 0.05) is 38.3 Å². The molecule has 1 heterocycles. The van der Waals surface area contributed by atoms with Gasteiger partial charge in [0.05, 0.1) is 6.54 Å². The van der Waals surface area contributed by atoms with Crippen LogP contribution in [0, 0.1) is 0 Å². The Morgan fingerprint density at radius 1 is 1.04 bits per heavy atom. The third-order valence-corrected chi connectivity index (χ3v) is 3.88. The predicted octanol–water partition coefficient (Wildman–Crippen LogP) is 0.821. The van der Waals surface area contributed by atoms with E-state index in [0.717, 1.165) is 18.8 Å². The van der Waals surface area contributed by atoms with Crippen LogP contribution in [0.3, 0.4) is 0 Å². The van der Waals surface area contributed by atoms with Crippen molar-refractivity contribution in [2.75, 3.05) is 37.6 Å². The largest absolute Gasteiger partial charge is 0.368 e. The molecule has 2 rings (SSSR count). The fraction of sp³-hybridized carbons (Fsp3) is 0.471. The van der Waals surface area contributed by atoms with Crippen molar-refractivity contribution in [3.05, 3.63) is 30.3 Å². The van der Waals surface area contributed by atoms with E-state index in [-0.39, 0.29) is 18.9 Å². The standard InChI is InChI=1S/C17H23N3O3/c1-2-6-15(21)17(23)18-13-16(22)20-11-9-19(10-12-20)14-7-4-3-5-8-14/h3-5,7-8H,2,6,9-13H2,1H3,(H,18,23). The summed E-state index contributed by atoms with van der Waals surface area (Å²) in [7, 11) is 0. The van der Waals surface area contributed by atoms with Crippen molar-refractivity contribution in [2.45, 2.75) is 19.8 Å². The molecule has 0 saturated carbocycles. The second-order valence-electron chi connectivity index (χ2n) is 5.56. The van der Waals surface area contributed by atoms with E-state index >= 15 is 0 Å². The molecule has 0 unspecified atom stereocenters. The molecule has 1 aliphatic heterocycles. The average Bonchev–Trinajstić information content (AvgIpc) is 2.60. The molecule has 1 aromatic carbocycles. The molecule has 1 aliphatic rings. The van der Waals surface area contributed by atoms with E-state index in [9.17, 15) is 14.4 Å². The summed E-state index contributed by atoms with van der Waals surface area (Å²) in [5, 5.41) is 2.41. The van der Waals surface area contributed by atoms with Gasteiger partial charge in [-0.3, -0.25) is 14.4 Å². The number of rotatable bonds is 6. The lowest BCUT2D eigenvalue weighted by Crippen LogP contribution is -2.51. The van der Waals surface area contributed by atoms with Gasteiger partial charge in [0.2, 0.25) is 11.7 Å². The first-order chi connectivity index (χ1) is 11.1. The lowest BCUT2D eigenvalue weighted by atomic mass is 10.2. The zero-order chi connectivity index (χ0) is 16.7. The van der Waals surface area contributed by atoms with Crippen molar-refractivity contribution in [1.29, 1.82) is 0 Å². The van der Waals surface area contributed by atoms with Gasteiger partial charge in [0.15, 0.2) is 0 Å². The van der Waals surface area contributed by atoms with Crippen LogP contribution in [0.5, 0.6) is 0 Å². The first kappa shape index (κ1) is 17.0. The second kappa shape index (κ2) is 8.31. The van der Waals surface area contributed by atoms with Crippen molar-refractivity contribution in [1.82, 2.24) is 10.2 Å². The van der Waals surface area contributed by atoms with Crippen molar-refractivity contribution in [2.24, 2.45) is 0 Å². The average molecular weight is 317 g/mol. The number of nitrogens with zero attached hydrogens (tertiary/aromatic N) is 2. The van der Waals surface area contributed by atoms with Crippen molar-refractivity contribution >= 4 is 23.3 Å². The Bertz CT molecular complexity index is 551. The minimum atomic E-state index is -0.664. The number of hydrogen-bond acceptors (Lipinski definition) is 4. The van der Waals surface area contributed by atoms with Crippen LogP contribution in [0.1, 0.15) is 19.8 Å². The molecule has 124 valence electrons. The smallest absolute Gasteiger partial charge is 0.287 e. The maximum atomic E-state index is 12.1. The molecule has 1 fully saturated rings. The number of Topliss-reactive ketones (excluding diaryl/α,β-unsaturated/α-hetero) is 1. The van der Waals surface area contributed by atoms with Crippen LogP contribution < -0.4 is 10.2 Å². The molecule has 0 bridgehead atoms. The van der Waals surface area contributed by atoms with Gasteiger partial charge in [0.25, 0.3) is 5.91 Å². The van der Waals surface area contributed by atoms with E-state index in [2.05, 4.69) is 22.3 Å². The molecule has 6 nitrogen and oxygen atoms in total. The van der Waals surface area contributed by atoms with Gasteiger partial charge in [-0.15, -0.1) is 0 Å². The van der Waals surface area contributed by atoms with Gasteiger partial charge in [-0.2, -0.15) is 0 Å². The van der Waals surface area contributed by atoms with E-state index in [1.54, 1.807) is 4.90 Å². The van der Waals surface area contributed by atoms with E-state index < -0.39 is 11.7 Å². The lowest BCUT2D eigenvalue weighted by Gasteiger charge is -2.36. The summed E-state index contributed by atoms with van der Waals surface area (Å²) in [4.78, 5) is 39.0. The van der Waals surface area contributed by atoms with E-state index in [4.69, 9.17) is 0 Å². The van der Waals surface area contributed by atoms with Crippen molar-refractivity contribution in [3.8, 4) is 0 Å². The molecule has 0 atom stereocenters. The lowest BCUT2D eigenvalue weighted by molar-refractivity contribution is -0.139. The maximum absolute atomic E-state index is 12.1. The first-order valence-electron chi connectivity index (χ1n) is 8.00. The van der Waals surface area contributed by atoms with Gasteiger partial charge in [-0.25, -0.2) is 0 Å². The Labute approximate surface area is 136 Å². The molecular formula is C17H23N3O3. The highest BCUT2D eigenvalue weighted by atomic mass is 16.2. The fourth-order valence-corrected chi connectivity index (χ4v) is 2.56. The number of nitrogens with one attached hydrogen (secondary N) is 1. The molecule has 0 aromatic heterocycles. The van der Waals surface area contributed by atoms with Crippen LogP contribution in [-0.4, -0.2) is 55.2 Å². The number of benzene rings is 1. The Kier molecular flexibility index (Phi) is 6.14. The van der Waals surface area contributed by atoms with Crippen molar-refractivity contribution in [3.63, 3.8) is 0 Å². The van der Waals surface area contributed by atoms with E-state index in [1.165, 1.54) is 0 Å². The Morgan fingerprint density at radius 3 is 2.30 bits per heavy atom. The summed E-state index contributed by atoms with van der Waals surface area (Å²) in [6, 6.07) is 10.1. The van der Waals surface area contributed by atoms with E-state index in [0.29, 0.717) is 19.5 Å². The van der Waals surface area contributed by atoms with Crippen LogP contribution in [0.25, 0.3) is 0 Å². The summed E-state index contributed by atoms with van der Waals surface area (Å²) in [5.41, 5.74) is 1.15. The summed E-state index contributed by atoms with van der Waals surface area (Å²) in [6.45, 7) is 4.48. The monoisotopic (exact) mass is 317 g/mol. The van der Waals surface area contributed by atoms with Crippen molar-refractivity contribution < 1.29 is 14.4 Å². The number of hydrogen-bond donors (Lipinski definition) is 1. The normalized spacial score (nSPS) is 14.5. The molecule has 0 aliphatic carbocycles. The molecule has 1 aromatic rings. The predicted molar refractivity (Wildman–Crippen MR) is 88.2 cm³/mol. The van der Waals surface area contributed by atoms with Gasteiger partial charge < -0.3 is 15.1 Å². The van der Waals surface area contributed by atoms with E-state index in [1.807, 2.05) is 25.1 Å². The third-order valence-electron chi connectivity index (χ3n) is 3.88. The molecule has 0 spiro atoms. The summed E-state index contributed by atoms with van der Waals surface area (Å²) < 4.78 is 0. The maximum Gasteiger partial charge on any atom is 0.287 e. The van der Waals surface area contributed by atoms with Crippen LogP contribution >= 0.6 is 0 Å². The van der Waals surface area contributed by atoms with Crippen LogP contribution in [0.15, 0.2) is 30.3 Å². The second-order valence-corrected chi connectivity index (χ2v) is 5.56. The Hall–Kier alpha value is -2.37. The van der Waals surface area contributed by atoms with Gasteiger partial charge in [-0.05, 0) is 18.6 Å². The molecule has 1 saturated heterocycles. The highest BCUT2D eigenvalue weighted by Gasteiger charge is 2.22. The molecule has 1 N–H and O–H groups in total. The first-order valence-corrected chi connectivity index (χ1v) is 8.00. The van der Waals surface area contributed by atoms with Gasteiger partial charge in [-0.1, -0.05) is 25.1 Å². The zero-order valence-electron chi connectivity index (χ0n) is 13.5. The quantitative estimate of drug-likeness (QED) is 0.789.